The lowest BCUT2D eigenvalue weighted by Gasteiger charge is -2.15. The van der Waals surface area contributed by atoms with Gasteiger partial charge in [-0.05, 0) is 25.3 Å². The van der Waals surface area contributed by atoms with E-state index in [-0.39, 0.29) is 0 Å². The van der Waals surface area contributed by atoms with Crippen molar-refractivity contribution in [2.24, 2.45) is 7.05 Å². The molecule has 0 saturated carbocycles. The third-order valence-corrected chi connectivity index (χ3v) is 2.71. The molecule has 3 nitrogen and oxygen atoms in total. The van der Waals surface area contributed by atoms with Gasteiger partial charge in [0.05, 0.1) is 5.69 Å². The molecule has 1 heterocycles. The molecular formula is C12H21N3. The van der Waals surface area contributed by atoms with Crippen molar-refractivity contribution < 1.29 is 0 Å². The van der Waals surface area contributed by atoms with Crippen molar-refractivity contribution in [1.29, 1.82) is 0 Å². The summed E-state index contributed by atoms with van der Waals surface area (Å²) in [6.45, 7) is 6.86. The van der Waals surface area contributed by atoms with Crippen molar-refractivity contribution in [1.82, 2.24) is 15.1 Å². The van der Waals surface area contributed by atoms with Gasteiger partial charge in [-0.1, -0.05) is 13.0 Å². The lowest BCUT2D eigenvalue weighted by Crippen LogP contribution is -2.28. The minimum atomic E-state index is 0.581. The Morgan fingerprint density at radius 2 is 2.47 bits per heavy atom. The zero-order valence-corrected chi connectivity index (χ0v) is 9.74. The Morgan fingerprint density at radius 3 is 3.00 bits per heavy atom. The van der Waals surface area contributed by atoms with Crippen LogP contribution >= 0.6 is 0 Å². The molecule has 0 bridgehead atoms. The largest absolute Gasteiger partial charge is 0.308 e. The first-order chi connectivity index (χ1) is 7.27. The molecule has 0 spiro atoms. The summed E-state index contributed by atoms with van der Waals surface area (Å²) in [6, 6.07) is 2.63. The highest BCUT2D eigenvalue weighted by Gasteiger charge is 2.05. The molecule has 1 N–H and O–H groups in total. The highest BCUT2D eigenvalue weighted by Crippen LogP contribution is 2.04. The molecule has 3 heteroatoms. The first-order valence-electron chi connectivity index (χ1n) is 5.59. The number of nitrogens with zero attached hydrogens (tertiary/aromatic N) is 2. The Labute approximate surface area is 92.2 Å². The zero-order valence-electron chi connectivity index (χ0n) is 9.74. The molecule has 84 valence electrons. The average molecular weight is 207 g/mol. The van der Waals surface area contributed by atoms with E-state index < -0.39 is 0 Å². The molecule has 0 saturated heterocycles. The maximum absolute atomic E-state index is 4.14. The first-order valence-corrected chi connectivity index (χ1v) is 5.59. The van der Waals surface area contributed by atoms with Crippen LogP contribution in [-0.2, 0) is 13.6 Å². The van der Waals surface area contributed by atoms with Crippen LogP contribution in [0.25, 0.3) is 0 Å². The van der Waals surface area contributed by atoms with Gasteiger partial charge in [0, 0.05) is 25.8 Å². The maximum Gasteiger partial charge on any atom is 0.0518 e. The molecule has 1 aromatic heterocycles. The van der Waals surface area contributed by atoms with Crippen LogP contribution in [0.2, 0.25) is 0 Å². The number of rotatable bonds is 7. The average Bonchev–Trinajstić information content (AvgIpc) is 2.65. The SMILES string of the molecule is C=CCC[C@H](CC)NCc1ccnn1C. The van der Waals surface area contributed by atoms with Gasteiger partial charge in [0.15, 0.2) is 0 Å². The van der Waals surface area contributed by atoms with E-state index in [1.54, 1.807) is 0 Å². The monoisotopic (exact) mass is 207 g/mol. The van der Waals surface area contributed by atoms with Crippen molar-refractivity contribution in [3.05, 3.63) is 30.6 Å². The summed E-state index contributed by atoms with van der Waals surface area (Å²) in [6.07, 6.45) is 7.22. The molecule has 0 aromatic carbocycles. The standard InChI is InChI=1S/C12H21N3/c1-4-6-7-11(5-2)13-10-12-8-9-14-15(12)3/h4,8-9,11,13H,1,5-7,10H2,2-3H3/t11-/m0/s1. The normalized spacial score (nSPS) is 12.7. The second-order valence-corrected chi connectivity index (χ2v) is 3.80. The van der Waals surface area contributed by atoms with E-state index in [4.69, 9.17) is 0 Å². The summed E-state index contributed by atoms with van der Waals surface area (Å²) in [5, 5.41) is 7.68. The zero-order chi connectivity index (χ0) is 11.1. The molecule has 0 fully saturated rings. The molecule has 0 amide bonds. The number of allylic oxidation sites excluding steroid dienone is 1. The van der Waals surface area contributed by atoms with Crippen LogP contribution in [0.4, 0.5) is 0 Å². The predicted molar refractivity (Wildman–Crippen MR) is 63.6 cm³/mol. The number of aromatic nitrogens is 2. The molecule has 1 atom stereocenters. The Bertz CT molecular complexity index is 291. The van der Waals surface area contributed by atoms with E-state index in [1.165, 1.54) is 5.69 Å². The van der Waals surface area contributed by atoms with Gasteiger partial charge in [-0.3, -0.25) is 4.68 Å². The van der Waals surface area contributed by atoms with Crippen molar-refractivity contribution in [2.45, 2.75) is 38.8 Å². The van der Waals surface area contributed by atoms with E-state index in [1.807, 2.05) is 30.1 Å². The quantitative estimate of drug-likeness (QED) is 0.695. The Balaban J connectivity index is 2.34. The highest BCUT2D eigenvalue weighted by atomic mass is 15.3. The third kappa shape index (κ3) is 3.88. The topological polar surface area (TPSA) is 29.9 Å². The molecule has 0 radical (unpaired) electrons. The molecule has 0 unspecified atom stereocenters. The summed E-state index contributed by atoms with van der Waals surface area (Å²) in [4.78, 5) is 0. The summed E-state index contributed by atoms with van der Waals surface area (Å²) < 4.78 is 1.91. The minimum Gasteiger partial charge on any atom is -0.308 e. The van der Waals surface area contributed by atoms with E-state index in [9.17, 15) is 0 Å². The van der Waals surface area contributed by atoms with Crippen LogP contribution in [-0.4, -0.2) is 15.8 Å². The van der Waals surface area contributed by atoms with E-state index in [2.05, 4.69) is 23.9 Å². The number of hydrogen-bond acceptors (Lipinski definition) is 2. The summed E-state index contributed by atoms with van der Waals surface area (Å²) in [5.41, 5.74) is 1.23. The summed E-state index contributed by atoms with van der Waals surface area (Å²) in [7, 11) is 1.97. The molecule has 15 heavy (non-hydrogen) atoms. The van der Waals surface area contributed by atoms with Gasteiger partial charge in [-0.2, -0.15) is 5.10 Å². The lowest BCUT2D eigenvalue weighted by molar-refractivity contribution is 0.460. The molecular weight excluding hydrogens is 186 g/mol. The van der Waals surface area contributed by atoms with E-state index in [0.29, 0.717) is 6.04 Å². The second kappa shape index (κ2) is 6.40. The van der Waals surface area contributed by atoms with E-state index in [0.717, 1.165) is 25.8 Å². The minimum absolute atomic E-state index is 0.581. The number of aryl methyl sites for hydroxylation is 1. The number of hydrogen-bond donors (Lipinski definition) is 1. The Hall–Kier alpha value is -1.09. The summed E-state index contributed by atoms with van der Waals surface area (Å²) in [5.74, 6) is 0. The van der Waals surface area contributed by atoms with Crippen molar-refractivity contribution >= 4 is 0 Å². The van der Waals surface area contributed by atoms with E-state index >= 15 is 0 Å². The van der Waals surface area contributed by atoms with Gasteiger partial charge in [-0.15, -0.1) is 6.58 Å². The van der Waals surface area contributed by atoms with Gasteiger partial charge in [0.25, 0.3) is 0 Å². The molecule has 1 rings (SSSR count). The predicted octanol–water partition coefficient (Wildman–Crippen LogP) is 2.25. The van der Waals surface area contributed by atoms with Gasteiger partial charge in [0.2, 0.25) is 0 Å². The van der Waals surface area contributed by atoms with Crippen molar-refractivity contribution in [3.8, 4) is 0 Å². The molecule has 0 aliphatic heterocycles. The third-order valence-electron chi connectivity index (χ3n) is 2.71. The van der Waals surface area contributed by atoms with Crippen LogP contribution < -0.4 is 5.32 Å². The fourth-order valence-corrected chi connectivity index (χ4v) is 1.59. The lowest BCUT2D eigenvalue weighted by atomic mass is 10.1. The maximum atomic E-state index is 4.14. The fraction of sp³-hybridized carbons (Fsp3) is 0.583. The van der Waals surface area contributed by atoms with Gasteiger partial charge in [0.1, 0.15) is 0 Å². The Kier molecular flexibility index (Phi) is 5.12. The van der Waals surface area contributed by atoms with Crippen molar-refractivity contribution in [2.75, 3.05) is 0 Å². The van der Waals surface area contributed by atoms with Crippen LogP contribution in [0.3, 0.4) is 0 Å². The molecule has 0 aliphatic rings. The first kappa shape index (κ1) is 12.0. The van der Waals surface area contributed by atoms with Gasteiger partial charge >= 0.3 is 0 Å². The van der Waals surface area contributed by atoms with Crippen LogP contribution in [0.15, 0.2) is 24.9 Å². The smallest absolute Gasteiger partial charge is 0.0518 e. The van der Waals surface area contributed by atoms with Crippen LogP contribution in [0.1, 0.15) is 31.9 Å². The Morgan fingerprint density at radius 1 is 1.67 bits per heavy atom. The summed E-state index contributed by atoms with van der Waals surface area (Å²) >= 11 is 0. The van der Waals surface area contributed by atoms with Crippen LogP contribution in [0, 0.1) is 0 Å². The molecule has 0 aliphatic carbocycles. The van der Waals surface area contributed by atoms with Crippen molar-refractivity contribution in [3.63, 3.8) is 0 Å². The fourth-order valence-electron chi connectivity index (χ4n) is 1.59. The van der Waals surface area contributed by atoms with Crippen LogP contribution in [0.5, 0.6) is 0 Å². The second-order valence-electron chi connectivity index (χ2n) is 3.80. The van der Waals surface area contributed by atoms with Gasteiger partial charge < -0.3 is 5.32 Å². The highest BCUT2D eigenvalue weighted by molar-refractivity contribution is 4.99. The van der Waals surface area contributed by atoms with Gasteiger partial charge in [-0.25, -0.2) is 0 Å². The number of nitrogens with one attached hydrogen (secondary N) is 1. The molecule has 1 aromatic rings.